The van der Waals surface area contributed by atoms with Crippen LogP contribution in [0.2, 0.25) is 0 Å². The Morgan fingerprint density at radius 3 is 2.36 bits per heavy atom. The van der Waals surface area contributed by atoms with Gasteiger partial charge < -0.3 is 4.74 Å². The summed E-state index contributed by atoms with van der Waals surface area (Å²) in [5.41, 5.74) is 3.92. The number of hydrogen-bond acceptors (Lipinski definition) is 3. The summed E-state index contributed by atoms with van der Waals surface area (Å²) in [6.45, 7) is 6.05. The Kier molecular flexibility index (Phi) is 5.11. The van der Waals surface area contributed by atoms with Crippen molar-refractivity contribution in [1.82, 2.24) is 5.43 Å². The fourth-order valence-corrected chi connectivity index (χ4v) is 0.825. The van der Waals surface area contributed by atoms with Crippen LogP contribution in [-0.4, -0.2) is 19.3 Å². The van der Waals surface area contributed by atoms with Crippen LogP contribution in [0.1, 0.15) is 20.8 Å². The van der Waals surface area contributed by atoms with Gasteiger partial charge in [-0.05, 0) is 20.8 Å². The predicted octanol–water partition coefficient (Wildman–Crippen LogP) is 0.819. The average Bonchev–Trinajstić information content (AvgIpc) is 1.98. The first-order chi connectivity index (χ1) is 5.11. The number of ether oxygens (including phenoxy) is 1. The van der Waals surface area contributed by atoms with Crippen molar-refractivity contribution in [3.63, 3.8) is 0 Å². The standard InChI is InChI=1S/C8H18N2O/c1-6(2)5-8(10-9)7(3)11-4/h5,7-8,10H,9H2,1-4H3. The maximum atomic E-state index is 5.32. The first kappa shape index (κ1) is 10.6. The van der Waals surface area contributed by atoms with Crippen molar-refractivity contribution in [2.24, 2.45) is 5.84 Å². The fraction of sp³-hybridized carbons (Fsp3) is 0.750. The molecule has 0 radical (unpaired) electrons. The van der Waals surface area contributed by atoms with Crippen LogP contribution in [-0.2, 0) is 4.74 Å². The monoisotopic (exact) mass is 158 g/mol. The van der Waals surface area contributed by atoms with E-state index in [4.69, 9.17) is 10.6 Å². The van der Waals surface area contributed by atoms with E-state index in [9.17, 15) is 0 Å². The molecule has 0 saturated carbocycles. The molecule has 2 unspecified atom stereocenters. The van der Waals surface area contributed by atoms with Crippen molar-refractivity contribution < 1.29 is 4.74 Å². The summed E-state index contributed by atoms with van der Waals surface area (Å²) in [4.78, 5) is 0. The topological polar surface area (TPSA) is 47.3 Å². The van der Waals surface area contributed by atoms with Crippen LogP contribution >= 0.6 is 0 Å². The van der Waals surface area contributed by atoms with Gasteiger partial charge in [0.1, 0.15) is 0 Å². The minimum absolute atomic E-state index is 0.102. The van der Waals surface area contributed by atoms with E-state index < -0.39 is 0 Å². The number of rotatable bonds is 4. The van der Waals surface area contributed by atoms with E-state index in [1.54, 1.807) is 7.11 Å². The van der Waals surface area contributed by atoms with E-state index in [1.165, 1.54) is 5.57 Å². The summed E-state index contributed by atoms with van der Waals surface area (Å²) in [7, 11) is 1.67. The highest BCUT2D eigenvalue weighted by Gasteiger charge is 2.10. The van der Waals surface area contributed by atoms with Crippen molar-refractivity contribution in [2.45, 2.75) is 32.9 Å². The number of hydrogen-bond donors (Lipinski definition) is 2. The van der Waals surface area contributed by atoms with Gasteiger partial charge in [0, 0.05) is 7.11 Å². The van der Waals surface area contributed by atoms with Gasteiger partial charge in [0.05, 0.1) is 12.1 Å². The Morgan fingerprint density at radius 1 is 1.55 bits per heavy atom. The van der Waals surface area contributed by atoms with E-state index in [0.717, 1.165) is 0 Å². The molecule has 0 rings (SSSR count). The molecule has 11 heavy (non-hydrogen) atoms. The summed E-state index contributed by atoms with van der Waals surface area (Å²) >= 11 is 0. The number of nitrogens with one attached hydrogen (secondary N) is 1. The second-order valence-electron chi connectivity index (χ2n) is 2.88. The van der Waals surface area contributed by atoms with Gasteiger partial charge in [0.2, 0.25) is 0 Å². The number of allylic oxidation sites excluding steroid dienone is 1. The molecule has 0 aromatic rings. The summed E-state index contributed by atoms with van der Waals surface area (Å²) < 4.78 is 5.12. The van der Waals surface area contributed by atoms with E-state index in [1.807, 2.05) is 26.8 Å². The normalized spacial score (nSPS) is 15.7. The Balaban J connectivity index is 4.05. The van der Waals surface area contributed by atoms with Crippen LogP contribution in [0.4, 0.5) is 0 Å². The summed E-state index contributed by atoms with van der Waals surface area (Å²) in [5, 5.41) is 0. The van der Waals surface area contributed by atoms with Crippen molar-refractivity contribution in [3.05, 3.63) is 11.6 Å². The SMILES string of the molecule is COC(C)C(C=C(C)C)NN. The van der Waals surface area contributed by atoms with Crippen LogP contribution in [0.3, 0.4) is 0 Å². The average molecular weight is 158 g/mol. The second-order valence-corrected chi connectivity index (χ2v) is 2.88. The van der Waals surface area contributed by atoms with Crippen LogP contribution < -0.4 is 11.3 Å². The molecule has 0 saturated heterocycles. The molecule has 0 aliphatic heterocycles. The molecule has 0 heterocycles. The Labute approximate surface area is 68.6 Å². The zero-order chi connectivity index (χ0) is 8.85. The minimum atomic E-state index is 0.102. The van der Waals surface area contributed by atoms with Gasteiger partial charge >= 0.3 is 0 Å². The van der Waals surface area contributed by atoms with Crippen LogP contribution in [0.15, 0.2) is 11.6 Å². The van der Waals surface area contributed by atoms with Gasteiger partial charge in [-0.2, -0.15) is 0 Å². The number of methoxy groups -OCH3 is 1. The predicted molar refractivity (Wildman–Crippen MR) is 47.0 cm³/mol. The lowest BCUT2D eigenvalue weighted by Gasteiger charge is -2.18. The molecular formula is C8H18N2O. The van der Waals surface area contributed by atoms with Gasteiger partial charge in [-0.15, -0.1) is 0 Å². The molecule has 3 nitrogen and oxygen atoms in total. The summed E-state index contributed by atoms with van der Waals surface area (Å²) in [6, 6.07) is 0.102. The van der Waals surface area contributed by atoms with Gasteiger partial charge in [-0.1, -0.05) is 11.6 Å². The zero-order valence-electron chi connectivity index (χ0n) is 7.72. The lowest BCUT2D eigenvalue weighted by molar-refractivity contribution is 0.0970. The molecule has 0 aliphatic rings. The van der Waals surface area contributed by atoms with Crippen LogP contribution in [0.5, 0.6) is 0 Å². The minimum Gasteiger partial charge on any atom is -0.380 e. The number of nitrogens with two attached hydrogens (primary N) is 1. The highest BCUT2D eigenvalue weighted by atomic mass is 16.5. The smallest absolute Gasteiger partial charge is 0.0745 e. The molecule has 66 valence electrons. The molecule has 3 N–H and O–H groups in total. The molecule has 0 aromatic heterocycles. The Morgan fingerprint density at radius 2 is 2.09 bits per heavy atom. The number of hydrazine groups is 1. The Bertz CT molecular complexity index is 130. The first-order valence-corrected chi connectivity index (χ1v) is 3.75. The third kappa shape index (κ3) is 4.14. The van der Waals surface area contributed by atoms with E-state index in [2.05, 4.69) is 5.43 Å². The lowest BCUT2D eigenvalue weighted by Crippen LogP contribution is -2.42. The summed E-state index contributed by atoms with van der Waals surface area (Å²) in [6.07, 6.45) is 2.16. The van der Waals surface area contributed by atoms with Crippen molar-refractivity contribution in [3.8, 4) is 0 Å². The quantitative estimate of drug-likeness (QED) is 0.362. The van der Waals surface area contributed by atoms with Gasteiger partial charge in [-0.25, -0.2) is 0 Å². The van der Waals surface area contributed by atoms with Gasteiger partial charge in [0.15, 0.2) is 0 Å². The van der Waals surface area contributed by atoms with E-state index in [0.29, 0.717) is 0 Å². The second kappa shape index (κ2) is 5.29. The van der Waals surface area contributed by atoms with Gasteiger partial charge in [0.25, 0.3) is 0 Å². The van der Waals surface area contributed by atoms with Crippen LogP contribution in [0.25, 0.3) is 0 Å². The lowest BCUT2D eigenvalue weighted by atomic mass is 10.1. The van der Waals surface area contributed by atoms with Crippen molar-refractivity contribution in [2.75, 3.05) is 7.11 Å². The van der Waals surface area contributed by atoms with Gasteiger partial charge in [-0.3, -0.25) is 11.3 Å². The maximum absolute atomic E-state index is 5.32. The Hall–Kier alpha value is -0.380. The highest BCUT2D eigenvalue weighted by Crippen LogP contribution is 2.01. The van der Waals surface area contributed by atoms with Crippen LogP contribution in [0, 0.1) is 0 Å². The highest BCUT2D eigenvalue weighted by molar-refractivity contribution is 5.02. The molecule has 3 heteroatoms. The molecule has 0 spiro atoms. The first-order valence-electron chi connectivity index (χ1n) is 3.75. The molecule has 0 aliphatic carbocycles. The maximum Gasteiger partial charge on any atom is 0.0745 e. The molecule has 0 amide bonds. The zero-order valence-corrected chi connectivity index (χ0v) is 7.72. The molecule has 0 fully saturated rings. The molecule has 0 aromatic carbocycles. The van der Waals surface area contributed by atoms with Crippen molar-refractivity contribution >= 4 is 0 Å². The summed E-state index contributed by atoms with van der Waals surface area (Å²) in [5.74, 6) is 5.32. The van der Waals surface area contributed by atoms with E-state index >= 15 is 0 Å². The molecular weight excluding hydrogens is 140 g/mol. The van der Waals surface area contributed by atoms with Crippen molar-refractivity contribution in [1.29, 1.82) is 0 Å². The van der Waals surface area contributed by atoms with E-state index in [-0.39, 0.29) is 12.1 Å². The molecule has 2 atom stereocenters. The molecule has 0 bridgehead atoms. The fourth-order valence-electron chi connectivity index (χ4n) is 0.825. The third-order valence-corrected chi connectivity index (χ3v) is 1.58. The largest absolute Gasteiger partial charge is 0.380 e. The third-order valence-electron chi connectivity index (χ3n) is 1.58.